The molecule has 0 fully saturated rings. The molecular weight excluding hydrogens is 343 g/mol. The molecule has 132 valence electrons. The summed E-state index contributed by atoms with van der Waals surface area (Å²) >= 11 is 5.96. The van der Waals surface area contributed by atoms with Crippen LogP contribution in [0.5, 0.6) is 0 Å². The van der Waals surface area contributed by atoms with E-state index < -0.39 is 0 Å². The number of unbranched alkanes of at least 4 members (excludes halogenated alkanes) is 1. The van der Waals surface area contributed by atoms with Crippen molar-refractivity contribution in [2.24, 2.45) is 0 Å². The Morgan fingerprint density at radius 3 is 2.31 bits per heavy atom. The molecule has 0 nitrogen and oxygen atoms in total. The molecule has 0 heterocycles. The van der Waals surface area contributed by atoms with Crippen molar-refractivity contribution in [3.8, 4) is 22.3 Å². The first kappa shape index (κ1) is 17.3. The lowest BCUT2D eigenvalue weighted by Crippen LogP contribution is -2.06. The molecule has 0 bridgehead atoms. The third kappa shape index (κ3) is 3.29. The Morgan fingerprint density at radius 2 is 1.58 bits per heavy atom. The predicted octanol–water partition coefficient (Wildman–Crippen LogP) is 7.25. The van der Waals surface area contributed by atoms with Gasteiger partial charge in [-0.2, -0.15) is 0 Å². The van der Waals surface area contributed by atoms with E-state index >= 15 is 0 Å². The van der Waals surface area contributed by atoms with E-state index in [-0.39, 0.29) is 5.82 Å². The maximum atomic E-state index is 14.9. The summed E-state index contributed by atoms with van der Waals surface area (Å²) in [5, 5.41) is 0.667. The number of benzene rings is 3. The van der Waals surface area contributed by atoms with Crippen molar-refractivity contribution in [2.45, 2.75) is 39.0 Å². The monoisotopic (exact) mass is 364 g/mol. The van der Waals surface area contributed by atoms with Crippen molar-refractivity contribution >= 4 is 11.6 Å². The van der Waals surface area contributed by atoms with Crippen LogP contribution >= 0.6 is 11.6 Å². The molecule has 0 saturated carbocycles. The summed E-state index contributed by atoms with van der Waals surface area (Å²) < 4.78 is 14.9. The summed E-state index contributed by atoms with van der Waals surface area (Å²) in [7, 11) is 0. The molecule has 0 aromatic heterocycles. The van der Waals surface area contributed by atoms with Crippen LogP contribution in [0.15, 0.2) is 54.6 Å². The van der Waals surface area contributed by atoms with Crippen LogP contribution in [0.1, 0.15) is 36.5 Å². The lowest BCUT2D eigenvalue weighted by atomic mass is 9.83. The molecule has 0 atom stereocenters. The van der Waals surface area contributed by atoms with Gasteiger partial charge in [0.05, 0.1) is 0 Å². The number of halogens is 2. The van der Waals surface area contributed by atoms with E-state index in [1.807, 2.05) is 30.3 Å². The average molecular weight is 365 g/mol. The Morgan fingerprint density at radius 1 is 0.846 bits per heavy atom. The number of hydrogen-bond donors (Lipinski definition) is 0. The molecule has 0 spiro atoms. The van der Waals surface area contributed by atoms with Crippen molar-refractivity contribution in [3.63, 3.8) is 0 Å². The van der Waals surface area contributed by atoms with E-state index in [0.29, 0.717) is 10.6 Å². The van der Waals surface area contributed by atoms with Gasteiger partial charge >= 0.3 is 0 Å². The fourth-order valence-electron chi connectivity index (χ4n) is 3.85. The van der Waals surface area contributed by atoms with Gasteiger partial charge in [0.2, 0.25) is 0 Å². The zero-order valence-corrected chi connectivity index (χ0v) is 15.7. The summed E-state index contributed by atoms with van der Waals surface area (Å²) in [5.41, 5.74) is 7.73. The average Bonchev–Trinajstić information content (AvgIpc) is 2.66. The standard InChI is InChI=1S/C24H22ClF/c1-2-3-4-16-5-12-21-18(13-16)6-7-19-14-23(24(26)15-22(19)21)17-8-10-20(25)11-9-17/h5,8-15H,2-4,6-7H2,1H3. The van der Waals surface area contributed by atoms with Crippen LogP contribution in [0.2, 0.25) is 5.02 Å². The van der Waals surface area contributed by atoms with Gasteiger partial charge in [0.15, 0.2) is 0 Å². The van der Waals surface area contributed by atoms with Gasteiger partial charge < -0.3 is 0 Å². The maximum Gasteiger partial charge on any atom is 0.131 e. The molecule has 0 N–H and O–H groups in total. The third-order valence-corrected chi connectivity index (χ3v) is 5.54. The lowest BCUT2D eigenvalue weighted by molar-refractivity contribution is 0.630. The van der Waals surface area contributed by atoms with Crippen molar-refractivity contribution in [2.75, 3.05) is 0 Å². The highest BCUT2D eigenvalue weighted by atomic mass is 35.5. The smallest absolute Gasteiger partial charge is 0.131 e. The van der Waals surface area contributed by atoms with Gasteiger partial charge in [0.25, 0.3) is 0 Å². The fourth-order valence-corrected chi connectivity index (χ4v) is 3.97. The van der Waals surface area contributed by atoms with E-state index in [1.165, 1.54) is 35.1 Å². The summed E-state index contributed by atoms with van der Waals surface area (Å²) in [6.45, 7) is 2.22. The first-order valence-electron chi connectivity index (χ1n) is 9.36. The Balaban J connectivity index is 1.73. The van der Waals surface area contributed by atoms with Crippen LogP contribution in [0.25, 0.3) is 22.3 Å². The van der Waals surface area contributed by atoms with Gasteiger partial charge in [-0.25, -0.2) is 4.39 Å². The van der Waals surface area contributed by atoms with Gasteiger partial charge in [0.1, 0.15) is 5.82 Å². The summed E-state index contributed by atoms with van der Waals surface area (Å²) in [4.78, 5) is 0. The zero-order valence-electron chi connectivity index (χ0n) is 15.0. The second-order valence-corrected chi connectivity index (χ2v) is 7.53. The van der Waals surface area contributed by atoms with E-state index in [2.05, 4.69) is 25.1 Å². The molecule has 0 radical (unpaired) electrons. The summed E-state index contributed by atoms with van der Waals surface area (Å²) in [6, 6.07) is 17.8. The molecule has 0 aliphatic heterocycles. The van der Waals surface area contributed by atoms with Crippen LogP contribution in [0.3, 0.4) is 0 Å². The molecule has 0 unspecified atom stereocenters. The Labute approximate surface area is 159 Å². The highest BCUT2D eigenvalue weighted by Crippen LogP contribution is 2.38. The van der Waals surface area contributed by atoms with Crippen molar-refractivity contribution in [1.82, 2.24) is 0 Å². The first-order valence-corrected chi connectivity index (χ1v) is 9.74. The van der Waals surface area contributed by atoms with E-state index in [4.69, 9.17) is 11.6 Å². The van der Waals surface area contributed by atoms with Crippen molar-refractivity contribution in [3.05, 3.63) is 82.1 Å². The van der Waals surface area contributed by atoms with E-state index in [0.717, 1.165) is 30.4 Å². The maximum absolute atomic E-state index is 14.9. The van der Waals surface area contributed by atoms with Gasteiger partial charge in [-0.05, 0) is 83.3 Å². The third-order valence-electron chi connectivity index (χ3n) is 5.29. The van der Waals surface area contributed by atoms with Crippen LogP contribution in [0, 0.1) is 5.82 Å². The van der Waals surface area contributed by atoms with Crippen LogP contribution in [-0.4, -0.2) is 0 Å². The molecule has 3 aromatic rings. The number of hydrogen-bond acceptors (Lipinski definition) is 0. The molecule has 2 heteroatoms. The highest BCUT2D eigenvalue weighted by molar-refractivity contribution is 6.30. The minimum Gasteiger partial charge on any atom is -0.206 e. The number of aryl methyl sites for hydroxylation is 3. The minimum absolute atomic E-state index is 0.172. The lowest BCUT2D eigenvalue weighted by Gasteiger charge is -2.22. The summed E-state index contributed by atoms with van der Waals surface area (Å²) in [5.74, 6) is -0.172. The molecule has 26 heavy (non-hydrogen) atoms. The quantitative estimate of drug-likeness (QED) is 0.457. The SMILES string of the molecule is CCCCc1ccc2c(c1)CCc1cc(-c3ccc(Cl)cc3)c(F)cc1-2. The van der Waals surface area contributed by atoms with Crippen LogP contribution in [0.4, 0.5) is 4.39 Å². The van der Waals surface area contributed by atoms with Gasteiger partial charge in [-0.3, -0.25) is 0 Å². The number of fused-ring (bicyclic) bond motifs is 3. The molecule has 4 rings (SSSR count). The first-order chi connectivity index (χ1) is 12.7. The zero-order chi connectivity index (χ0) is 18.1. The highest BCUT2D eigenvalue weighted by Gasteiger charge is 2.19. The second-order valence-electron chi connectivity index (χ2n) is 7.09. The predicted molar refractivity (Wildman–Crippen MR) is 108 cm³/mol. The number of rotatable bonds is 4. The largest absolute Gasteiger partial charge is 0.206 e. The minimum atomic E-state index is -0.172. The molecular formula is C24H22ClF. The summed E-state index contributed by atoms with van der Waals surface area (Å²) in [6.07, 6.45) is 5.53. The van der Waals surface area contributed by atoms with E-state index in [9.17, 15) is 4.39 Å². The van der Waals surface area contributed by atoms with Gasteiger partial charge in [-0.15, -0.1) is 0 Å². The van der Waals surface area contributed by atoms with Crippen molar-refractivity contribution in [1.29, 1.82) is 0 Å². The van der Waals surface area contributed by atoms with Gasteiger partial charge in [0, 0.05) is 10.6 Å². The fraction of sp³-hybridized carbons (Fsp3) is 0.250. The second kappa shape index (κ2) is 7.25. The molecule has 1 aliphatic rings. The molecule has 0 saturated heterocycles. The topological polar surface area (TPSA) is 0 Å². The van der Waals surface area contributed by atoms with Crippen LogP contribution < -0.4 is 0 Å². The van der Waals surface area contributed by atoms with Crippen molar-refractivity contribution < 1.29 is 4.39 Å². The Bertz CT molecular complexity index is 941. The van der Waals surface area contributed by atoms with Crippen LogP contribution in [-0.2, 0) is 19.3 Å². The normalized spacial score (nSPS) is 12.6. The van der Waals surface area contributed by atoms with Gasteiger partial charge in [-0.1, -0.05) is 55.3 Å². The molecule has 3 aromatic carbocycles. The Hall–Kier alpha value is -2.12. The molecule has 1 aliphatic carbocycles. The van der Waals surface area contributed by atoms with E-state index in [1.54, 1.807) is 6.07 Å². The molecule has 0 amide bonds. The Kier molecular flexibility index (Phi) is 4.82.